The van der Waals surface area contributed by atoms with Crippen LogP contribution in [0.3, 0.4) is 0 Å². The summed E-state index contributed by atoms with van der Waals surface area (Å²) in [4.78, 5) is 0. The zero-order chi connectivity index (χ0) is 17.5. The van der Waals surface area contributed by atoms with Gasteiger partial charge in [0, 0.05) is 12.6 Å². The molecule has 0 heterocycles. The van der Waals surface area contributed by atoms with Gasteiger partial charge in [-0.15, -0.1) is 0 Å². The fourth-order valence-corrected chi connectivity index (χ4v) is 2.67. The topological polar surface area (TPSA) is 39.7 Å². The minimum Gasteiger partial charge on any atom is -0.493 e. The van der Waals surface area contributed by atoms with Crippen molar-refractivity contribution in [1.82, 2.24) is 5.32 Å². The van der Waals surface area contributed by atoms with Crippen LogP contribution in [0.1, 0.15) is 36.6 Å². The van der Waals surface area contributed by atoms with Crippen LogP contribution in [-0.4, -0.2) is 21.3 Å². The second kappa shape index (κ2) is 8.60. The molecule has 0 bridgehead atoms. The fraction of sp³-hybridized carbons (Fsp3) is 0.400. The van der Waals surface area contributed by atoms with Crippen LogP contribution < -0.4 is 19.5 Å². The summed E-state index contributed by atoms with van der Waals surface area (Å²) in [6.45, 7) is 5.05. The predicted molar refractivity (Wildman–Crippen MR) is 97.2 cm³/mol. The van der Waals surface area contributed by atoms with Gasteiger partial charge in [0.05, 0.1) is 21.3 Å². The molecule has 130 valence electrons. The van der Waals surface area contributed by atoms with Crippen molar-refractivity contribution in [3.63, 3.8) is 0 Å². The van der Waals surface area contributed by atoms with Crippen molar-refractivity contribution in [2.24, 2.45) is 0 Å². The van der Waals surface area contributed by atoms with E-state index in [0.29, 0.717) is 23.8 Å². The van der Waals surface area contributed by atoms with Crippen molar-refractivity contribution in [2.45, 2.75) is 32.9 Å². The number of benzene rings is 2. The van der Waals surface area contributed by atoms with E-state index in [1.807, 2.05) is 12.1 Å². The van der Waals surface area contributed by atoms with Crippen LogP contribution >= 0.6 is 0 Å². The molecule has 0 fully saturated rings. The Kier molecular flexibility index (Phi) is 6.50. The van der Waals surface area contributed by atoms with Crippen molar-refractivity contribution in [2.75, 3.05) is 21.3 Å². The smallest absolute Gasteiger partial charge is 0.203 e. The third-order valence-electron chi connectivity index (χ3n) is 4.22. The summed E-state index contributed by atoms with van der Waals surface area (Å²) in [6.07, 6.45) is 1.06. The van der Waals surface area contributed by atoms with Gasteiger partial charge < -0.3 is 19.5 Å². The van der Waals surface area contributed by atoms with Gasteiger partial charge in [0.25, 0.3) is 0 Å². The lowest BCUT2D eigenvalue weighted by molar-refractivity contribution is 0.323. The third kappa shape index (κ3) is 4.20. The average Bonchev–Trinajstić information content (AvgIpc) is 2.65. The van der Waals surface area contributed by atoms with Crippen LogP contribution in [0.4, 0.5) is 0 Å². The van der Waals surface area contributed by atoms with Gasteiger partial charge in [0.1, 0.15) is 0 Å². The minimum absolute atomic E-state index is 0.259. The van der Waals surface area contributed by atoms with Crippen LogP contribution in [0.25, 0.3) is 0 Å². The van der Waals surface area contributed by atoms with E-state index in [1.165, 1.54) is 11.1 Å². The largest absolute Gasteiger partial charge is 0.493 e. The average molecular weight is 329 g/mol. The number of hydrogen-bond donors (Lipinski definition) is 1. The molecule has 0 saturated carbocycles. The van der Waals surface area contributed by atoms with Gasteiger partial charge >= 0.3 is 0 Å². The molecule has 4 heteroatoms. The Labute approximate surface area is 144 Å². The highest BCUT2D eigenvalue weighted by atomic mass is 16.5. The molecule has 4 nitrogen and oxygen atoms in total. The first-order chi connectivity index (χ1) is 11.6. The number of aryl methyl sites for hydroxylation is 1. The zero-order valence-corrected chi connectivity index (χ0v) is 15.2. The molecule has 24 heavy (non-hydrogen) atoms. The van der Waals surface area contributed by atoms with Crippen molar-refractivity contribution in [1.29, 1.82) is 0 Å². The zero-order valence-electron chi connectivity index (χ0n) is 15.2. The van der Waals surface area contributed by atoms with E-state index >= 15 is 0 Å². The van der Waals surface area contributed by atoms with E-state index in [9.17, 15) is 0 Å². The second-order valence-corrected chi connectivity index (χ2v) is 5.73. The van der Waals surface area contributed by atoms with Gasteiger partial charge in [-0.3, -0.25) is 0 Å². The molecule has 0 amide bonds. The summed E-state index contributed by atoms with van der Waals surface area (Å²) >= 11 is 0. The summed E-state index contributed by atoms with van der Waals surface area (Å²) in [5.41, 5.74) is 3.72. The Morgan fingerprint density at radius 2 is 1.46 bits per heavy atom. The first-order valence-corrected chi connectivity index (χ1v) is 8.24. The molecule has 2 rings (SSSR count). The van der Waals surface area contributed by atoms with Gasteiger partial charge in [0.15, 0.2) is 11.5 Å². The molecule has 2 aromatic carbocycles. The minimum atomic E-state index is 0.259. The maximum atomic E-state index is 5.40. The predicted octanol–water partition coefficient (Wildman–Crippen LogP) is 4.13. The highest BCUT2D eigenvalue weighted by Gasteiger charge is 2.13. The lowest BCUT2D eigenvalue weighted by atomic mass is 10.0. The van der Waals surface area contributed by atoms with Gasteiger partial charge in [-0.25, -0.2) is 0 Å². The van der Waals surface area contributed by atoms with Crippen LogP contribution in [0, 0.1) is 0 Å². The highest BCUT2D eigenvalue weighted by molar-refractivity contribution is 5.53. The summed E-state index contributed by atoms with van der Waals surface area (Å²) in [6, 6.07) is 13.0. The molecule has 1 N–H and O–H groups in total. The van der Waals surface area contributed by atoms with Crippen LogP contribution in [0.2, 0.25) is 0 Å². The van der Waals surface area contributed by atoms with E-state index in [1.54, 1.807) is 21.3 Å². The molecule has 1 atom stereocenters. The lowest BCUT2D eigenvalue weighted by Crippen LogP contribution is -2.18. The first kappa shape index (κ1) is 18.1. The monoisotopic (exact) mass is 329 g/mol. The summed E-state index contributed by atoms with van der Waals surface area (Å²) < 4.78 is 16.2. The molecule has 0 aliphatic rings. The number of rotatable bonds is 8. The van der Waals surface area contributed by atoms with E-state index in [-0.39, 0.29) is 6.04 Å². The highest BCUT2D eigenvalue weighted by Crippen LogP contribution is 2.38. The number of methoxy groups -OCH3 is 3. The summed E-state index contributed by atoms with van der Waals surface area (Å²) in [7, 11) is 4.87. The van der Waals surface area contributed by atoms with Crippen LogP contribution in [0.15, 0.2) is 36.4 Å². The maximum absolute atomic E-state index is 5.40. The van der Waals surface area contributed by atoms with Crippen LogP contribution in [0.5, 0.6) is 17.2 Å². The molecular weight excluding hydrogens is 302 g/mol. The fourth-order valence-electron chi connectivity index (χ4n) is 2.67. The molecule has 0 aliphatic carbocycles. The summed E-state index contributed by atoms with van der Waals surface area (Å²) in [5.74, 6) is 1.97. The van der Waals surface area contributed by atoms with E-state index < -0.39 is 0 Å². The molecule has 0 spiro atoms. The SMILES string of the molecule is CCc1ccc([C@@H](C)NCc2cc(OC)c(OC)c(OC)c2)cc1. The van der Waals surface area contributed by atoms with Crippen LogP contribution in [-0.2, 0) is 13.0 Å². The Hall–Kier alpha value is -2.20. The Balaban J connectivity index is 2.10. The molecule has 0 unspecified atom stereocenters. The molecule has 0 aliphatic heterocycles. The van der Waals surface area contributed by atoms with E-state index in [4.69, 9.17) is 14.2 Å². The Morgan fingerprint density at radius 1 is 0.875 bits per heavy atom. The quantitative estimate of drug-likeness (QED) is 0.790. The molecule has 0 saturated heterocycles. The standard InChI is InChI=1S/C20H27NO3/c1-6-15-7-9-17(10-8-15)14(2)21-13-16-11-18(22-3)20(24-5)19(12-16)23-4/h7-12,14,21H,6,13H2,1-5H3/t14-/m1/s1. The van der Waals surface area contributed by atoms with Gasteiger partial charge in [0.2, 0.25) is 5.75 Å². The normalized spacial score (nSPS) is 11.9. The number of hydrogen-bond acceptors (Lipinski definition) is 4. The Morgan fingerprint density at radius 3 is 1.92 bits per heavy atom. The van der Waals surface area contributed by atoms with E-state index in [2.05, 4.69) is 43.4 Å². The van der Waals surface area contributed by atoms with Crippen molar-refractivity contribution >= 4 is 0 Å². The number of ether oxygens (including phenoxy) is 3. The maximum Gasteiger partial charge on any atom is 0.203 e. The lowest BCUT2D eigenvalue weighted by Gasteiger charge is -2.17. The summed E-state index contributed by atoms with van der Waals surface area (Å²) in [5, 5.41) is 3.54. The van der Waals surface area contributed by atoms with Crippen molar-refractivity contribution in [3.8, 4) is 17.2 Å². The first-order valence-electron chi connectivity index (χ1n) is 8.24. The van der Waals surface area contributed by atoms with E-state index in [0.717, 1.165) is 12.0 Å². The molecular formula is C20H27NO3. The molecule has 2 aromatic rings. The molecule has 0 radical (unpaired) electrons. The van der Waals surface area contributed by atoms with Gasteiger partial charge in [-0.1, -0.05) is 31.2 Å². The third-order valence-corrected chi connectivity index (χ3v) is 4.22. The van der Waals surface area contributed by atoms with Crippen molar-refractivity contribution < 1.29 is 14.2 Å². The van der Waals surface area contributed by atoms with Crippen molar-refractivity contribution in [3.05, 3.63) is 53.1 Å². The molecule has 0 aromatic heterocycles. The Bertz CT molecular complexity index is 627. The number of nitrogens with one attached hydrogen (secondary N) is 1. The van der Waals surface area contributed by atoms with Gasteiger partial charge in [-0.05, 0) is 42.2 Å². The second-order valence-electron chi connectivity index (χ2n) is 5.73. The van der Waals surface area contributed by atoms with Gasteiger partial charge in [-0.2, -0.15) is 0 Å².